The molecule has 2 atom stereocenters. The summed E-state index contributed by atoms with van der Waals surface area (Å²) in [7, 11) is 0. The van der Waals surface area contributed by atoms with Crippen LogP contribution in [0.4, 0.5) is 0 Å². The first-order valence-corrected chi connectivity index (χ1v) is 8.04. The van der Waals surface area contributed by atoms with E-state index in [1.165, 1.54) is 17.6 Å². The summed E-state index contributed by atoms with van der Waals surface area (Å²) in [5.74, 6) is 0.895. The second kappa shape index (κ2) is 3.99. The Morgan fingerprint density at radius 3 is 1.75 bits per heavy atom. The van der Waals surface area contributed by atoms with Crippen LogP contribution in [0.1, 0.15) is 75.2 Å². The lowest BCUT2D eigenvalue weighted by molar-refractivity contribution is -0.125. The molecule has 2 saturated carbocycles. The lowest BCUT2D eigenvalue weighted by Crippen LogP contribution is -2.33. The number of rotatable bonds is 0. The van der Waals surface area contributed by atoms with E-state index in [2.05, 4.69) is 62.3 Å². The first-order valence-electron chi connectivity index (χ1n) is 8.04. The van der Waals surface area contributed by atoms with Gasteiger partial charge in [-0.05, 0) is 40.6 Å². The van der Waals surface area contributed by atoms with E-state index in [1.54, 1.807) is 0 Å². The van der Waals surface area contributed by atoms with Crippen molar-refractivity contribution in [2.24, 2.45) is 27.6 Å². The third-order valence-corrected chi connectivity index (χ3v) is 6.09. The summed E-state index contributed by atoms with van der Waals surface area (Å²) < 4.78 is 0. The van der Waals surface area contributed by atoms with Gasteiger partial charge in [0.25, 0.3) is 0 Å². The first kappa shape index (κ1) is 15.8. The minimum Gasteiger partial charge on any atom is -0.294 e. The monoisotopic (exact) mass is 276 g/mol. The smallest absolute Gasteiger partial charge is 0.165 e. The maximum absolute atomic E-state index is 13.2. The molecule has 2 fully saturated rings. The largest absolute Gasteiger partial charge is 0.294 e. The van der Waals surface area contributed by atoms with Gasteiger partial charge in [-0.2, -0.15) is 0 Å². The van der Waals surface area contributed by atoms with Gasteiger partial charge >= 0.3 is 0 Å². The minimum absolute atomic E-state index is 0.0557. The third kappa shape index (κ3) is 1.84. The summed E-state index contributed by atoms with van der Waals surface area (Å²) in [4.78, 5) is 13.2. The number of hydrogen-bond acceptors (Lipinski definition) is 1. The zero-order chi connectivity index (χ0) is 15.7. The molecule has 0 spiro atoms. The highest BCUT2D eigenvalue weighted by atomic mass is 16.1. The fourth-order valence-corrected chi connectivity index (χ4v) is 5.09. The second-order valence-corrected chi connectivity index (χ2v) is 9.76. The van der Waals surface area contributed by atoms with Crippen LogP contribution in [0.25, 0.3) is 0 Å². The van der Waals surface area contributed by atoms with Crippen molar-refractivity contribution < 1.29 is 4.79 Å². The van der Waals surface area contributed by atoms with Gasteiger partial charge in [0.05, 0.1) is 0 Å². The van der Waals surface area contributed by atoms with Crippen LogP contribution in [0.5, 0.6) is 0 Å². The Morgan fingerprint density at radius 2 is 1.45 bits per heavy atom. The molecule has 2 rings (SSSR count). The summed E-state index contributed by atoms with van der Waals surface area (Å²) >= 11 is 0. The molecular weight excluding hydrogens is 244 g/mol. The predicted molar refractivity (Wildman–Crippen MR) is 85.6 cm³/mol. The topological polar surface area (TPSA) is 17.1 Å². The van der Waals surface area contributed by atoms with E-state index < -0.39 is 0 Å². The molecule has 0 radical (unpaired) electrons. The number of allylic oxidation sites excluding steroid dienone is 2. The highest BCUT2D eigenvalue weighted by Crippen LogP contribution is 2.67. The standard InChI is InChI=1S/C19H32O/c1-16(2,3)14(17(4,5)6)13-12-10-11-19(9,15(13)20)18(12,7)8/h12H,10-11H2,1-9H3. The average molecular weight is 276 g/mol. The Kier molecular flexibility index (Phi) is 3.15. The van der Waals surface area contributed by atoms with Gasteiger partial charge in [-0.25, -0.2) is 0 Å². The molecular formula is C19H32O. The molecule has 2 unspecified atom stereocenters. The maximum Gasteiger partial charge on any atom is 0.165 e. The van der Waals surface area contributed by atoms with E-state index in [9.17, 15) is 4.79 Å². The summed E-state index contributed by atoms with van der Waals surface area (Å²) in [5.41, 5.74) is 2.65. The molecule has 2 aliphatic carbocycles. The molecule has 0 heterocycles. The Bertz CT molecular complexity index is 463. The van der Waals surface area contributed by atoms with Crippen LogP contribution >= 0.6 is 0 Å². The van der Waals surface area contributed by atoms with Gasteiger partial charge in [0.15, 0.2) is 5.78 Å². The van der Waals surface area contributed by atoms with Gasteiger partial charge in [0.2, 0.25) is 0 Å². The van der Waals surface area contributed by atoms with Crippen molar-refractivity contribution in [3.05, 3.63) is 11.1 Å². The van der Waals surface area contributed by atoms with E-state index in [4.69, 9.17) is 0 Å². The number of ketones is 1. The van der Waals surface area contributed by atoms with Crippen LogP contribution < -0.4 is 0 Å². The number of fused-ring (bicyclic) bond motifs is 2. The third-order valence-electron chi connectivity index (χ3n) is 6.09. The SMILES string of the molecule is CC(C)(C)C(=C1C(=O)C2(C)CCC1C2(C)C)C(C)(C)C. The summed E-state index contributed by atoms with van der Waals surface area (Å²) in [6, 6.07) is 0. The van der Waals surface area contributed by atoms with Crippen LogP contribution in [0.3, 0.4) is 0 Å². The normalized spacial score (nSPS) is 33.0. The van der Waals surface area contributed by atoms with Gasteiger partial charge in [-0.3, -0.25) is 4.79 Å². The van der Waals surface area contributed by atoms with Crippen molar-refractivity contribution in [3.8, 4) is 0 Å². The average Bonchev–Trinajstić information content (AvgIpc) is 2.49. The van der Waals surface area contributed by atoms with Crippen LogP contribution in [0.2, 0.25) is 0 Å². The predicted octanol–water partition coefficient (Wildman–Crippen LogP) is 5.40. The van der Waals surface area contributed by atoms with Gasteiger partial charge in [-0.15, -0.1) is 0 Å². The summed E-state index contributed by atoms with van der Waals surface area (Å²) in [6.07, 6.45) is 2.24. The molecule has 2 bridgehead atoms. The highest BCUT2D eigenvalue weighted by Gasteiger charge is 2.65. The molecule has 1 heteroatoms. The molecule has 0 aliphatic heterocycles. The van der Waals surface area contributed by atoms with Crippen LogP contribution in [0, 0.1) is 27.6 Å². The molecule has 0 aromatic carbocycles. The van der Waals surface area contributed by atoms with Gasteiger partial charge in [-0.1, -0.05) is 67.9 Å². The quantitative estimate of drug-likeness (QED) is 0.541. The number of Topliss-reactive ketones (excluding diaryl/α,β-unsaturated/α-hetero) is 1. The lowest BCUT2D eigenvalue weighted by Gasteiger charge is -2.38. The Labute approximate surface area is 125 Å². The van der Waals surface area contributed by atoms with E-state index in [0.717, 1.165) is 6.42 Å². The molecule has 0 N–H and O–H groups in total. The first-order chi connectivity index (χ1) is 8.74. The Balaban J connectivity index is 2.74. The molecule has 0 aromatic heterocycles. The van der Waals surface area contributed by atoms with Gasteiger partial charge < -0.3 is 0 Å². The fraction of sp³-hybridized carbons (Fsp3) is 0.842. The number of hydrogen-bond donors (Lipinski definition) is 0. The number of carbonyl (C=O) groups is 1. The zero-order valence-corrected chi connectivity index (χ0v) is 14.9. The van der Waals surface area contributed by atoms with Crippen molar-refractivity contribution in [1.82, 2.24) is 0 Å². The van der Waals surface area contributed by atoms with Crippen molar-refractivity contribution in [2.45, 2.75) is 75.2 Å². The lowest BCUT2D eigenvalue weighted by atomic mass is 9.66. The molecule has 2 aliphatic rings. The molecule has 0 aromatic rings. The van der Waals surface area contributed by atoms with E-state index >= 15 is 0 Å². The zero-order valence-electron chi connectivity index (χ0n) is 14.9. The van der Waals surface area contributed by atoms with Gasteiger partial charge in [0.1, 0.15) is 0 Å². The minimum atomic E-state index is -0.144. The molecule has 0 saturated heterocycles. The molecule has 114 valence electrons. The molecule has 20 heavy (non-hydrogen) atoms. The van der Waals surface area contributed by atoms with E-state index in [1.807, 2.05) is 0 Å². The number of carbonyl (C=O) groups excluding carboxylic acids is 1. The maximum atomic E-state index is 13.2. The Hall–Kier alpha value is -0.590. The molecule has 0 amide bonds. The van der Waals surface area contributed by atoms with Gasteiger partial charge in [0, 0.05) is 5.41 Å². The molecule has 1 nitrogen and oxygen atoms in total. The van der Waals surface area contributed by atoms with Crippen LogP contribution in [-0.2, 0) is 4.79 Å². The summed E-state index contributed by atoms with van der Waals surface area (Å²) in [6.45, 7) is 20.4. The second-order valence-electron chi connectivity index (χ2n) is 9.76. The van der Waals surface area contributed by atoms with Crippen molar-refractivity contribution >= 4 is 5.78 Å². The highest BCUT2D eigenvalue weighted by molar-refractivity contribution is 6.05. The fourth-order valence-electron chi connectivity index (χ4n) is 5.09. The van der Waals surface area contributed by atoms with Crippen molar-refractivity contribution in [1.29, 1.82) is 0 Å². The van der Waals surface area contributed by atoms with Crippen molar-refractivity contribution in [2.75, 3.05) is 0 Å². The van der Waals surface area contributed by atoms with Crippen LogP contribution in [0.15, 0.2) is 11.1 Å². The van der Waals surface area contributed by atoms with Crippen molar-refractivity contribution in [3.63, 3.8) is 0 Å². The van der Waals surface area contributed by atoms with E-state index in [-0.39, 0.29) is 21.7 Å². The van der Waals surface area contributed by atoms with Crippen LogP contribution in [-0.4, -0.2) is 5.78 Å². The Morgan fingerprint density at radius 1 is 1.00 bits per heavy atom. The summed E-state index contributed by atoms with van der Waals surface area (Å²) in [5, 5.41) is 0. The van der Waals surface area contributed by atoms with E-state index in [0.29, 0.717) is 11.7 Å².